The van der Waals surface area contributed by atoms with E-state index in [0.29, 0.717) is 11.5 Å². The van der Waals surface area contributed by atoms with Gasteiger partial charge in [-0.3, -0.25) is 4.79 Å². The van der Waals surface area contributed by atoms with Crippen LogP contribution < -0.4 is 10.5 Å². The van der Waals surface area contributed by atoms with Gasteiger partial charge in [0.05, 0.1) is 11.7 Å². The molecule has 0 bridgehead atoms. The largest absolute Gasteiger partial charge is 0.490 e. The van der Waals surface area contributed by atoms with Crippen LogP contribution in [0, 0.1) is 5.92 Å². The van der Waals surface area contributed by atoms with E-state index < -0.39 is 0 Å². The Labute approximate surface area is 145 Å². The van der Waals surface area contributed by atoms with Crippen molar-refractivity contribution in [2.45, 2.75) is 64.0 Å². The molecule has 24 heavy (non-hydrogen) atoms. The number of para-hydroxylation sites is 1. The minimum atomic E-state index is 0.0896. The first-order valence-corrected chi connectivity index (χ1v) is 9.45. The van der Waals surface area contributed by atoms with E-state index in [1.165, 1.54) is 19.3 Å². The zero-order valence-electron chi connectivity index (χ0n) is 14.7. The molecule has 1 aliphatic carbocycles. The average molecular weight is 330 g/mol. The highest BCUT2D eigenvalue weighted by molar-refractivity contribution is 5.97. The van der Waals surface area contributed by atoms with Crippen molar-refractivity contribution in [2.24, 2.45) is 11.7 Å². The summed E-state index contributed by atoms with van der Waals surface area (Å²) in [6.45, 7) is 3.62. The fourth-order valence-electron chi connectivity index (χ4n) is 3.90. The van der Waals surface area contributed by atoms with Gasteiger partial charge in [0, 0.05) is 19.1 Å². The third kappa shape index (κ3) is 4.10. The number of nitrogens with zero attached hydrogens (tertiary/aromatic N) is 1. The van der Waals surface area contributed by atoms with Gasteiger partial charge in [0.1, 0.15) is 5.75 Å². The van der Waals surface area contributed by atoms with Crippen LogP contribution >= 0.6 is 0 Å². The van der Waals surface area contributed by atoms with Crippen molar-refractivity contribution in [3.05, 3.63) is 29.8 Å². The molecule has 2 N–H and O–H groups in total. The molecule has 1 aromatic carbocycles. The molecule has 4 heteroatoms. The molecule has 0 aromatic heterocycles. The molecule has 3 rings (SSSR count). The molecule has 132 valence electrons. The Morgan fingerprint density at radius 2 is 1.92 bits per heavy atom. The third-order valence-electron chi connectivity index (χ3n) is 5.45. The van der Waals surface area contributed by atoms with E-state index in [1.54, 1.807) is 0 Å². The molecular weight excluding hydrogens is 300 g/mol. The maximum atomic E-state index is 13.0. The lowest BCUT2D eigenvalue weighted by Gasteiger charge is -2.35. The molecule has 2 aliphatic rings. The van der Waals surface area contributed by atoms with E-state index in [4.69, 9.17) is 10.5 Å². The van der Waals surface area contributed by atoms with Crippen molar-refractivity contribution >= 4 is 5.91 Å². The lowest BCUT2D eigenvalue weighted by atomic mass is 9.92. The van der Waals surface area contributed by atoms with Crippen LogP contribution in [0.2, 0.25) is 0 Å². The standard InChI is InChI=1S/C20H30N2O2/c1-15(21)16-8-7-13-22(14-16)20(23)18-11-5-6-12-19(18)24-17-9-3-2-4-10-17/h5-6,11-12,15-17H,2-4,7-10,13-14,21H2,1H3/t15-,16+/m0/s1. The Kier molecular flexibility index (Phi) is 5.77. The Morgan fingerprint density at radius 3 is 2.67 bits per heavy atom. The fourth-order valence-corrected chi connectivity index (χ4v) is 3.90. The number of hydrogen-bond donors (Lipinski definition) is 1. The summed E-state index contributed by atoms with van der Waals surface area (Å²) in [5, 5.41) is 0. The van der Waals surface area contributed by atoms with Gasteiger partial charge in [-0.2, -0.15) is 0 Å². The predicted molar refractivity (Wildman–Crippen MR) is 96.2 cm³/mol. The number of piperidine rings is 1. The van der Waals surface area contributed by atoms with Crippen molar-refractivity contribution < 1.29 is 9.53 Å². The fraction of sp³-hybridized carbons (Fsp3) is 0.650. The summed E-state index contributed by atoms with van der Waals surface area (Å²) in [5.74, 6) is 1.23. The molecule has 1 aromatic rings. The zero-order valence-corrected chi connectivity index (χ0v) is 14.7. The van der Waals surface area contributed by atoms with Gasteiger partial charge in [0.25, 0.3) is 5.91 Å². The second-order valence-corrected chi connectivity index (χ2v) is 7.39. The first kappa shape index (κ1) is 17.3. The van der Waals surface area contributed by atoms with E-state index in [1.807, 2.05) is 36.1 Å². The minimum absolute atomic E-state index is 0.0896. The number of carbonyl (C=O) groups excluding carboxylic acids is 1. The van der Waals surface area contributed by atoms with E-state index in [2.05, 4.69) is 0 Å². The Balaban J connectivity index is 1.72. The van der Waals surface area contributed by atoms with Crippen LogP contribution in [0.5, 0.6) is 5.75 Å². The van der Waals surface area contributed by atoms with Gasteiger partial charge < -0.3 is 15.4 Å². The SMILES string of the molecule is C[C@H](N)[C@@H]1CCCN(C(=O)c2ccccc2OC2CCCCC2)C1. The molecule has 1 saturated carbocycles. The van der Waals surface area contributed by atoms with Crippen molar-refractivity contribution in [1.82, 2.24) is 4.90 Å². The van der Waals surface area contributed by atoms with Crippen LogP contribution in [0.1, 0.15) is 62.2 Å². The van der Waals surface area contributed by atoms with Crippen LogP contribution in [0.25, 0.3) is 0 Å². The van der Waals surface area contributed by atoms with Gasteiger partial charge in [-0.15, -0.1) is 0 Å². The molecule has 0 unspecified atom stereocenters. The molecule has 1 aliphatic heterocycles. The summed E-state index contributed by atoms with van der Waals surface area (Å²) in [6.07, 6.45) is 8.34. The maximum absolute atomic E-state index is 13.0. The van der Waals surface area contributed by atoms with Gasteiger partial charge in [-0.05, 0) is 63.5 Å². The third-order valence-corrected chi connectivity index (χ3v) is 5.45. The molecular formula is C20H30N2O2. The minimum Gasteiger partial charge on any atom is -0.490 e. The Bertz CT molecular complexity index is 552. The number of hydrogen-bond acceptors (Lipinski definition) is 3. The average Bonchev–Trinajstić information content (AvgIpc) is 2.62. The molecule has 0 radical (unpaired) electrons. The zero-order chi connectivity index (χ0) is 16.9. The van der Waals surface area contributed by atoms with E-state index in [0.717, 1.165) is 44.5 Å². The second-order valence-electron chi connectivity index (χ2n) is 7.39. The van der Waals surface area contributed by atoms with Gasteiger partial charge in [-0.25, -0.2) is 0 Å². The van der Waals surface area contributed by atoms with Crippen LogP contribution in [-0.2, 0) is 0 Å². The summed E-state index contributed by atoms with van der Waals surface area (Å²) >= 11 is 0. The number of rotatable bonds is 4. The molecule has 4 nitrogen and oxygen atoms in total. The monoisotopic (exact) mass is 330 g/mol. The molecule has 1 amide bonds. The van der Waals surface area contributed by atoms with Gasteiger partial charge in [-0.1, -0.05) is 18.6 Å². The maximum Gasteiger partial charge on any atom is 0.257 e. The first-order chi connectivity index (χ1) is 11.6. The summed E-state index contributed by atoms with van der Waals surface area (Å²) in [7, 11) is 0. The first-order valence-electron chi connectivity index (χ1n) is 9.45. The van der Waals surface area contributed by atoms with E-state index in [9.17, 15) is 4.79 Å². The van der Waals surface area contributed by atoms with Crippen LogP contribution in [0.3, 0.4) is 0 Å². The lowest BCUT2D eigenvalue weighted by molar-refractivity contribution is 0.0651. The van der Waals surface area contributed by atoms with Gasteiger partial charge in [0.15, 0.2) is 0 Å². The Hall–Kier alpha value is -1.55. The van der Waals surface area contributed by atoms with Crippen molar-refractivity contribution in [1.29, 1.82) is 0 Å². The smallest absolute Gasteiger partial charge is 0.257 e. The van der Waals surface area contributed by atoms with Crippen molar-refractivity contribution in [3.63, 3.8) is 0 Å². The Morgan fingerprint density at radius 1 is 1.17 bits per heavy atom. The number of amides is 1. The van der Waals surface area contributed by atoms with Gasteiger partial charge in [0.2, 0.25) is 0 Å². The summed E-state index contributed by atoms with van der Waals surface area (Å²) in [6, 6.07) is 7.85. The van der Waals surface area contributed by atoms with E-state index in [-0.39, 0.29) is 18.1 Å². The number of benzene rings is 1. The highest BCUT2D eigenvalue weighted by Gasteiger charge is 2.28. The highest BCUT2D eigenvalue weighted by atomic mass is 16.5. The summed E-state index contributed by atoms with van der Waals surface area (Å²) in [5.41, 5.74) is 6.76. The number of nitrogens with two attached hydrogens (primary N) is 1. The van der Waals surface area contributed by atoms with Crippen LogP contribution in [0.15, 0.2) is 24.3 Å². The molecule has 2 fully saturated rings. The van der Waals surface area contributed by atoms with Gasteiger partial charge >= 0.3 is 0 Å². The quantitative estimate of drug-likeness (QED) is 0.918. The molecule has 2 atom stereocenters. The number of likely N-dealkylation sites (tertiary alicyclic amines) is 1. The highest BCUT2D eigenvalue weighted by Crippen LogP contribution is 2.28. The molecule has 1 saturated heterocycles. The summed E-state index contributed by atoms with van der Waals surface area (Å²) in [4.78, 5) is 15.0. The summed E-state index contributed by atoms with van der Waals surface area (Å²) < 4.78 is 6.20. The predicted octanol–water partition coefficient (Wildman–Crippen LogP) is 3.60. The number of ether oxygens (including phenoxy) is 1. The van der Waals surface area contributed by atoms with E-state index >= 15 is 0 Å². The topological polar surface area (TPSA) is 55.6 Å². The molecule has 1 heterocycles. The van der Waals surface area contributed by atoms with Crippen LogP contribution in [0.4, 0.5) is 0 Å². The lowest BCUT2D eigenvalue weighted by Crippen LogP contribution is -2.45. The normalized spacial score (nSPS) is 23.8. The second kappa shape index (κ2) is 8.02. The van der Waals surface area contributed by atoms with Crippen molar-refractivity contribution in [3.8, 4) is 5.75 Å². The number of carbonyl (C=O) groups is 1. The molecule has 0 spiro atoms. The van der Waals surface area contributed by atoms with Crippen molar-refractivity contribution in [2.75, 3.05) is 13.1 Å². The van der Waals surface area contributed by atoms with Crippen LogP contribution in [-0.4, -0.2) is 36.0 Å².